The molecule has 0 aliphatic rings. The van der Waals surface area contributed by atoms with Crippen molar-refractivity contribution in [3.63, 3.8) is 0 Å². The maximum absolute atomic E-state index is 13.4. The van der Waals surface area contributed by atoms with Gasteiger partial charge in [-0.05, 0) is 31.2 Å². The fourth-order valence-electron chi connectivity index (χ4n) is 1.63. The molecule has 0 spiro atoms. The van der Waals surface area contributed by atoms with Crippen molar-refractivity contribution in [3.8, 4) is 0 Å². The van der Waals surface area contributed by atoms with Gasteiger partial charge in [-0.1, -0.05) is 0 Å². The molecule has 2 aromatic rings. The van der Waals surface area contributed by atoms with Gasteiger partial charge in [0.1, 0.15) is 11.6 Å². The van der Waals surface area contributed by atoms with Crippen LogP contribution in [0.1, 0.15) is 12.2 Å². The summed E-state index contributed by atoms with van der Waals surface area (Å²) in [6, 6.07) is 5.94. The van der Waals surface area contributed by atoms with Gasteiger partial charge >= 0.3 is 0 Å². The number of nitrogen functional groups attached to an aromatic ring is 1. The van der Waals surface area contributed by atoms with Crippen LogP contribution in [0.25, 0.3) is 0 Å². The highest BCUT2D eigenvalue weighted by Gasteiger charge is 2.08. The lowest BCUT2D eigenvalue weighted by Crippen LogP contribution is -2.13. The van der Waals surface area contributed by atoms with Crippen LogP contribution in [0.3, 0.4) is 0 Å². The summed E-state index contributed by atoms with van der Waals surface area (Å²) in [6.45, 7) is 1.87. The Bertz CT molecular complexity index is 613. The zero-order valence-electron chi connectivity index (χ0n) is 11.0. The molecule has 20 heavy (non-hydrogen) atoms. The number of furan rings is 1. The highest BCUT2D eigenvalue weighted by Crippen LogP contribution is 2.24. The Hall–Kier alpha value is -1.95. The molecule has 3 N–H and O–H groups in total. The highest BCUT2D eigenvalue weighted by molar-refractivity contribution is 7.99. The molecule has 0 unspecified atom stereocenters. The number of anilines is 2. The van der Waals surface area contributed by atoms with Crippen molar-refractivity contribution in [2.75, 3.05) is 16.8 Å². The summed E-state index contributed by atoms with van der Waals surface area (Å²) in [4.78, 5) is 12.7. The average molecular weight is 294 g/mol. The molecule has 1 aromatic carbocycles. The first kappa shape index (κ1) is 14.5. The van der Waals surface area contributed by atoms with E-state index in [0.717, 1.165) is 10.7 Å². The standard InChI is InChI=1S/C14H15FN2O2S/c1-9-13(4-6-19-9)20-7-5-14(18)17-12-8-10(16)2-3-11(12)15/h2-4,6,8H,5,7,16H2,1H3,(H,17,18). The minimum absolute atomic E-state index is 0.111. The lowest BCUT2D eigenvalue weighted by Gasteiger charge is -2.07. The minimum Gasteiger partial charge on any atom is -0.468 e. The molecule has 2 rings (SSSR count). The summed E-state index contributed by atoms with van der Waals surface area (Å²) in [5, 5.41) is 2.52. The molecule has 0 aliphatic carbocycles. The van der Waals surface area contributed by atoms with E-state index in [-0.39, 0.29) is 18.0 Å². The van der Waals surface area contributed by atoms with Gasteiger partial charge in [-0.15, -0.1) is 11.8 Å². The molecule has 6 heteroatoms. The first-order chi connectivity index (χ1) is 9.56. The van der Waals surface area contributed by atoms with Crippen LogP contribution >= 0.6 is 11.8 Å². The van der Waals surface area contributed by atoms with E-state index in [1.807, 2.05) is 13.0 Å². The number of carbonyl (C=O) groups excluding carboxylic acids is 1. The zero-order chi connectivity index (χ0) is 14.5. The molecule has 1 amide bonds. The van der Waals surface area contributed by atoms with E-state index < -0.39 is 5.82 Å². The Balaban J connectivity index is 1.84. The monoisotopic (exact) mass is 294 g/mol. The van der Waals surface area contributed by atoms with Crippen molar-refractivity contribution in [1.82, 2.24) is 0 Å². The molecule has 0 aliphatic heterocycles. The number of nitrogens with two attached hydrogens (primary N) is 1. The molecule has 4 nitrogen and oxygen atoms in total. The van der Waals surface area contributed by atoms with Crippen molar-refractivity contribution in [3.05, 3.63) is 42.1 Å². The molecule has 0 fully saturated rings. The predicted molar refractivity (Wildman–Crippen MR) is 78.2 cm³/mol. The number of hydrogen-bond acceptors (Lipinski definition) is 4. The Morgan fingerprint density at radius 3 is 2.95 bits per heavy atom. The lowest BCUT2D eigenvalue weighted by molar-refractivity contribution is -0.115. The summed E-state index contributed by atoms with van der Waals surface area (Å²) in [7, 11) is 0. The van der Waals surface area contributed by atoms with Crippen LogP contribution in [0.2, 0.25) is 0 Å². The van der Waals surface area contributed by atoms with E-state index in [1.54, 1.807) is 6.26 Å². The van der Waals surface area contributed by atoms with Gasteiger partial charge < -0.3 is 15.5 Å². The summed E-state index contributed by atoms with van der Waals surface area (Å²) >= 11 is 1.53. The number of halogens is 1. The first-order valence-electron chi connectivity index (χ1n) is 6.08. The molecule has 0 saturated heterocycles. The van der Waals surface area contributed by atoms with E-state index in [1.165, 1.54) is 30.0 Å². The van der Waals surface area contributed by atoms with E-state index in [0.29, 0.717) is 11.4 Å². The van der Waals surface area contributed by atoms with Crippen molar-refractivity contribution < 1.29 is 13.6 Å². The summed E-state index contributed by atoms with van der Waals surface area (Å²) in [5.74, 6) is 0.683. The third-order valence-corrected chi connectivity index (χ3v) is 3.81. The van der Waals surface area contributed by atoms with Gasteiger partial charge in [-0.3, -0.25) is 4.79 Å². The third-order valence-electron chi connectivity index (χ3n) is 2.66. The van der Waals surface area contributed by atoms with Gasteiger partial charge in [-0.2, -0.15) is 0 Å². The van der Waals surface area contributed by atoms with E-state index in [9.17, 15) is 9.18 Å². The molecule has 1 aromatic heterocycles. The highest BCUT2D eigenvalue weighted by atomic mass is 32.2. The van der Waals surface area contributed by atoms with Gasteiger partial charge in [0.25, 0.3) is 0 Å². The van der Waals surface area contributed by atoms with Crippen molar-refractivity contribution >= 4 is 29.0 Å². The van der Waals surface area contributed by atoms with Gasteiger partial charge in [-0.25, -0.2) is 4.39 Å². The number of benzene rings is 1. The van der Waals surface area contributed by atoms with Gasteiger partial charge in [0, 0.05) is 22.8 Å². The van der Waals surface area contributed by atoms with E-state index in [2.05, 4.69) is 5.32 Å². The number of amides is 1. The lowest BCUT2D eigenvalue weighted by atomic mass is 10.2. The minimum atomic E-state index is -0.495. The fraction of sp³-hybridized carbons (Fsp3) is 0.214. The van der Waals surface area contributed by atoms with Gasteiger partial charge in [0.15, 0.2) is 0 Å². The Kier molecular flexibility index (Phi) is 4.68. The van der Waals surface area contributed by atoms with Crippen LogP contribution in [0, 0.1) is 12.7 Å². The molecule has 106 valence electrons. The molecule has 1 heterocycles. The second kappa shape index (κ2) is 6.47. The van der Waals surface area contributed by atoms with E-state index in [4.69, 9.17) is 10.2 Å². The number of thioether (sulfide) groups is 1. The molecular weight excluding hydrogens is 279 g/mol. The Labute approximate surface area is 120 Å². The Morgan fingerprint density at radius 2 is 2.25 bits per heavy atom. The van der Waals surface area contributed by atoms with Crippen LogP contribution in [-0.4, -0.2) is 11.7 Å². The number of carbonyl (C=O) groups is 1. The number of rotatable bonds is 5. The molecule has 0 bridgehead atoms. The predicted octanol–water partition coefficient (Wildman–Crippen LogP) is 3.43. The average Bonchev–Trinajstić information content (AvgIpc) is 2.80. The second-order valence-electron chi connectivity index (χ2n) is 4.23. The van der Waals surface area contributed by atoms with Crippen LogP contribution in [0.4, 0.5) is 15.8 Å². The molecular formula is C14H15FN2O2S. The molecule has 0 radical (unpaired) electrons. The Morgan fingerprint density at radius 1 is 1.45 bits per heavy atom. The third kappa shape index (κ3) is 3.77. The number of nitrogens with one attached hydrogen (secondary N) is 1. The summed E-state index contributed by atoms with van der Waals surface area (Å²) in [6.07, 6.45) is 1.89. The molecule has 0 saturated carbocycles. The fourth-order valence-corrected chi connectivity index (χ4v) is 2.54. The van der Waals surface area contributed by atoms with Crippen LogP contribution < -0.4 is 11.1 Å². The number of aryl methyl sites for hydroxylation is 1. The van der Waals surface area contributed by atoms with Gasteiger partial charge in [0.2, 0.25) is 5.91 Å². The topological polar surface area (TPSA) is 68.3 Å². The quantitative estimate of drug-likeness (QED) is 0.655. The maximum atomic E-state index is 13.4. The largest absolute Gasteiger partial charge is 0.468 e. The smallest absolute Gasteiger partial charge is 0.225 e. The number of hydrogen-bond donors (Lipinski definition) is 2. The molecule has 0 atom stereocenters. The van der Waals surface area contributed by atoms with Gasteiger partial charge in [0.05, 0.1) is 12.0 Å². The maximum Gasteiger partial charge on any atom is 0.225 e. The normalized spacial score (nSPS) is 10.5. The zero-order valence-corrected chi connectivity index (χ0v) is 11.8. The SMILES string of the molecule is Cc1occc1SCCC(=O)Nc1cc(N)ccc1F. The summed E-state index contributed by atoms with van der Waals surface area (Å²) < 4.78 is 18.6. The van der Waals surface area contributed by atoms with Crippen molar-refractivity contribution in [2.24, 2.45) is 0 Å². The first-order valence-corrected chi connectivity index (χ1v) is 7.06. The van der Waals surface area contributed by atoms with Crippen molar-refractivity contribution in [1.29, 1.82) is 0 Å². The summed E-state index contributed by atoms with van der Waals surface area (Å²) in [5.41, 5.74) is 6.07. The van der Waals surface area contributed by atoms with Crippen LogP contribution in [0.5, 0.6) is 0 Å². The second-order valence-corrected chi connectivity index (χ2v) is 5.36. The van der Waals surface area contributed by atoms with E-state index >= 15 is 0 Å². The van der Waals surface area contributed by atoms with Crippen LogP contribution in [-0.2, 0) is 4.79 Å². The van der Waals surface area contributed by atoms with Crippen molar-refractivity contribution in [2.45, 2.75) is 18.2 Å². The van der Waals surface area contributed by atoms with Crippen LogP contribution in [0.15, 0.2) is 39.8 Å².